The maximum atomic E-state index is 13.9. The van der Waals surface area contributed by atoms with Crippen LogP contribution in [0.3, 0.4) is 0 Å². The number of halogens is 1. The van der Waals surface area contributed by atoms with E-state index in [2.05, 4.69) is 4.90 Å². The first-order valence-corrected chi connectivity index (χ1v) is 12.1. The molecular formula is C28H36FNO4. The average molecular weight is 470 g/mol. The van der Waals surface area contributed by atoms with Gasteiger partial charge in [-0.25, -0.2) is 4.39 Å². The maximum absolute atomic E-state index is 13.9. The van der Waals surface area contributed by atoms with Gasteiger partial charge in [-0.15, -0.1) is 0 Å². The van der Waals surface area contributed by atoms with E-state index in [1.54, 1.807) is 13.0 Å². The van der Waals surface area contributed by atoms with Gasteiger partial charge in [0.25, 0.3) is 0 Å². The number of carboxylic acids is 1. The molecular weight excluding hydrogens is 433 g/mol. The summed E-state index contributed by atoms with van der Waals surface area (Å²) >= 11 is 0. The van der Waals surface area contributed by atoms with Crippen LogP contribution in [0.15, 0.2) is 48.5 Å². The van der Waals surface area contributed by atoms with Crippen LogP contribution in [0, 0.1) is 12.7 Å². The molecule has 2 N–H and O–H groups in total. The number of β-amino-alcohol motifs (C(OH)–C–C–N with tert-alkyl or cyclic N) is 1. The van der Waals surface area contributed by atoms with Crippen LogP contribution < -0.4 is 0 Å². The lowest BCUT2D eigenvalue weighted by atomic mass is 10.0. The van der Waals surface area contributed by atoms with Crippen molar-refractivity contribution in [3.63, 3.8) is 0 Å². The third-order valence-corrected chi connectivity index (χ3v) is 6.45. The molecule has 1 saturated heterocycles. The number of hydrogen-bond acceptors (Lipinski definition) is 4. The van der Waals surface area contributed by atoms with Gasteiger partial charge in [-0.05, 0) is 74.4 Å². The van der Waals surface area contributed by atoms with Gasteiger partial charge < -0.3 is 14.9 Å². The van der Waals surface area contributed by atoms with Crippen LogP contribution in [-0.2, 0) is 16.0 Å². The number of hydrogen-bond donors (Lipinski definition) is 2. The standard InChI is InChI=1S/C28H36FNO4/c1-20-13-14-22(17-27(20)29)16-24-10-7-15-30(24)18-25(31)19-34-21(2)26-11-5-3-8-23(26)9-4-6-12-28(32)33/h3-5,8-9,11,13-14,17,21,24-25,31H,6-7,10,12,15-16,18-19H2,1-2H3,(H,32,33)/b9-4+/t21-,24+,25-/m1/s1. The molecule has 6 heteroatoms. The molecule has 2 aromatic carbocycles. The highest BCUT2D eigenvalue weighted by Crippen LogP contribution is 2.25. The number of allylic oxidation sites excluding steroid dienone is 1. The van der Waals surface area contributed by atoms with Crippen molar-refractivity contribution in [2.75, 3.05) is 19.7 Å². The van der Waals surface area contributed by atoms with Gasteiger partial charge in [0.05, 0.1) is 18.8 Å². The number of aliphatic carboxylic acids is 1. The number of carbonyl (C=O) groups is 1. The van der Waals surface area contributed by atoms with Crippen molar-refractivity contribution in [2.45, 2.75) is 64.2 Å². The summed E-state index contributed by atoms with van der Waals surface area (Å²) in [5.41, 5.74) is 3.64. The van der Waals surface area contributed by atoms with Crippen LogP contribution in [0.25, 0.3) is 6.08 Å². The van der Waals surface area contributed by atoms with Crippen molar-refractivity contribution in [3.8, 4) is 0 Å². The van der Waals surface area contributed by atoms with Gasteiger partial charge >= 0.3 is 5.97 Å². The number of rotatable bonds is 12. The van der Waals surface area contributed by atoms with Gasteiger partial charge in [0.1, 0.15) is 5.82 Å². The Morgan fingerprint density at radius 2 is 2.09 bits per heavy atom. The first-order chi connectivity index (χ1) is 16.3. The topological polar surface area (TPSA) is 70.0 Å². The average Bonchev–Trinajstić information content (AvgIpc) is 3.24. The first kappa shape index (κ1) is 26.1. The molecule has 184 valence electrons. The van der Waals surface area contributed by atoms with Crippen LogP contribution in [0.2, 0.25) is 0 Å². The predicted octanol–water partition coefficient (Wildman–Crippen LogP) is 5.16. The molecule has 1 heterocycles. The normalized spacial score (nSPS) is 18.4. The highest BCUT2D eigenvalue weighted by atomic mass is 19.1. The summed E-state index contributed by atoms with van der Waals surface area (Å²) in [4.78, 5) is 13.0. The van der Waals surface area contributed by atoms with Crippen LogP contribution in [-0.4, -0.2) is 52.9 Å². The largest absolute Gasteiger partial charge is 0.481 e. The zero-order valence-corrected chi connectivity index (χ0v) is 20.1. The number of benzene rings is 2. The van der Waals surface area contributed by atoms with E-state index in [0.29, 0.717) is 24.6 Å². The van der Waals surface area contributed by atoms with E-state index >= 15 is 0 Å². The molecule has 5 nitrogen and oxygen atoms in total. The Balaban J connectivity index is 1.51. The summed E-state index contributed by atoms with van der Waals surface area (Å²) in [7, 11) is 0. The van der Waals surface area contributed by atoms with Gasteiger partial charge in [-0.3, -0.25) is 9.69 Å². The van der Waals surface area contributed by atoms with Crippen LogP contribution in [0.1, 0.15) is 61.0 Å². The molecule has 0 radical (unpaired) electrons. The minimum atomic E-state index is -0.810. The van der Waals surface area contributed by atoms with Gasteiger partial charge in [0, 0.05) is 19.0 Å². The van der Waals surface area contributed by atoms with Crippen molar-refractivity contribution >= 4 is 12.0 Å². The number of likely N-dealkylation sites (tertiary alicyclic amines) is 1. The van der Waals surface area contributed by atoms with Gasteiger partial charge in [-0.2, -0.15) is 0 Å². The summed E-state index contributed by atoms with van der Waals surface area (Å²) in [5, 5.41) is 19.5. The third kappa shape index (κ3) is 7.76. The van der Waals surface area contributed by atoms with Gasteiger partial charge in [0.15, 0.2) is 0 Å². The van der Waals surface area contributed by atoms with Gasteiger partial charge in [-0.1, -0.05) is 48.6 Å². The summed E-state index contributed by atoms with van der Waals surface area (Å²) in [6.45, 7) is 5.41. The molecule has 1 fully saturated rings. The smallest absolute Gasteiger partial charge is 0.303 e. The number of aliphatic hydroxyl groups is 1. The Hall–Kier alpha value is -2.54. The number of aryl methyl sites for hydroxylation is 1. The van der Waals surface area contributed by atoms with Crippen molar-refractivity contribution in [1.29, 1.82) is 0 Å². The minimum Gasteiger partial charge on any atom is -0.481 e. The highest BCUT2D eigenvalue weighted by Gasteiger charge is 2.27. The molecule has 0 aromatic heterocycles. The first-order valence-electron chi connectivity index (χ1n) is 12.1. The summed E-state index contributed by atoms with van der Waals surface area (Å²) in [5.74, 6) is -0.976. The van der Waals surface area contributed by atoms with E-state index in [0.717, 1.165) is 42.5 Å². The number of aliphatic hydroxyl groups excluding tert-OH is 1. The monoisotopic (exact) mass is 469 g/mol. The Morgan fingerprint density at radius 3 is 2.85 bits per heavy atom. The molecule has 0 unspecified atom stereocenters. The number of ether oxygens (including phenoxy) is 1. The summed E-state index contributed by atoms with van der Waals surface area (Å²) in [6, 6.07) is 13.6. The Morgan fingerprint density at radius 1 is 1.29 bits per heavy atom. The molecule has 0 bridgehead atoms. The molecule has 1 aliphatic rings. The van der Waals surface area contributed by atoms with Crippen LogP contribution in [0.4, 0.5) is 4.39 Å². The zero-order valence-electron chi connectivity index (χ0n) is 20.1. The van der Waals surface area contributed by atoms with E-state index in [-0.39, 0.29) is 24.9 Å². The molecule has 0 saturated carbocycles. The van der Waals surface area contributed by atoms with Crippen LogP contribution >= 0.6 is 0 Å². The Labute approximate surface area is 201 Å². The molecule has 2 aromatic rings. The fourth-order valence-corrected chi connectivity index (χ4v) is 4.52. The van der Waals surface area contributed by atoms with Gasteiger partial charge in [0.2, 0.25) is 0 Å². The quantitative estimate of drug-likeness (QED) is 0.450. The number of carboxylic acid groups (broad SMARTS) is 1. The lowest BCUT2D eigenvalue weighted by molar-refractivity contribution is -0.136. The second-order valence-corrected chi connectivity index (χ2v) is 9.17. The minimum absolute atomic E-state index is 0.104. The second-order valence-electron chi connectivity index (χ2n) is 9.17. The lowest BCUT2D eigenvalue weighted by Gasteiger charge is -2.27. The SMILES string of the molecule is Cc1ccc(C[C@@H]2CCCN2C[C@@H](O)CO[C@H](C)c2ccccc2/C=C/CCC(=O)O)cc1F. The fourth-order valence-electron chi connectivity index (χ4n) is 4.52. The summed E-state index contributed by atoms with van der Waals surface area (Å²) in [6.07, 6.45) is 6.45. The maximum Gasteiger partial charge on any atom is 0.303 e. The van der Waals surface area contributed by atoms with Crippen molar-refractivity contribution in [1.82, 2.24) is 4.90 Å². The van der Waals surface area contributed by atoms with E-state index in [1.807, 2.05) is 55.5 Å². The fraction of sp³-hybridized carbons (Fsp3) is 0.464. The van der Waals surface area contributed by atoms with E-state index in [4.69, 9.17) is 9.84 Å². The molecule has 3 atom stereocenters. The highest BCUT2D eigenvalue weighted by molar-refractivity contribution is 5.67. The Bertz CT molecular complexity index is 977. The lowest BCUT2D eigenvalue weighted by Crippen LogP contribution is -2.39. The molecule has 1 aliphatic heterocycles. The second kappa shape index (κ2) is 12.8. The zero-order chi connectivity index (χ0) is 24.5. The van der Waals surface area contributed by atoms with Crippen molar-refractivity contribution in [2.24, 2.45) is 0 Å². The van der Waals surface area contributed by atoms with Crippen LogP contribution in [0.5, 0.6) is 0 Å². The predicted molar refractivity (Wildman–Crippen MR) is 132 cm³/mol. The van der Waals surface area contributed by atoms with E-state index in [9.17, 15) is 14.3 Å². The number of nitrogens with zero attached hydrogens (tertiary/aromatic N) is 1. The van der Waals surface area contributed by atoms with E-state index < -0.39 is 12.1 Å². The molecule has 0 amide bonds. The third-order valence-electron chi connectivity index (χ3n) is 6.45. The van der Waals surface area contributed by atoms with E-state index in [1.165, 1.54) is 0 Å². The molecule has 0 spiro atoms. The Kier molecular flexibility index (Phi) is 9.81. The van der Waals surface area contributed by atoms with Crippen molar-refractivity contribution in [3.05, 3.63) is 76.6 Å². The molecule has 0 aliphatic carbocycles. The van der Waals surface area contributed by atoms with Crippen molar-refractivity contribution < 1.29 is 24.1 Å². The molecule has 34 heavy (non-hydrogen) atoms. The summed E-state index contributed by atoms with van der Waals surface area (Å²) < 4.78 is 19.9. The molecule has 3 rings (SSSR count).